The van der Waals surface area contributed by atoms with Crippen LogP contribution in [0.2, 0.25) is 5.02 Å². The first-order chi connectivity index (χ1) is 19.5. The number of rotatable bonds is 6. The molecule has 6 rings (SSSR count). The Kier molecular flexibility index (Phi) is 7.09. The molecule has 0 N–H and O–H groups in total. The van der Waals surface area contributed by atoms with Crippen LogP contribution in [-0.2, 0) is 20.9 Å². The molecule has 2 aliphatic rings. The Hall–Kier alpha value is -4.07. The van der Waals surface area contributed by atoms with Gasteiger partial charge in [-0.3, -0.25) is 0 Å². The molecule has 6 nitrogen and oxygen atoms in total. The molecule has 0 fully saturated rings. The van der Waals surface area contributed by atoms with E-state index < -0.39 is 11.0 Å². The third kappa shape index (κ3) is 4.45. The fraction of sp³-hybridized carbons (Fsp3) is 0.156. The number of hydrogen-bond acceptors (Lipinski definition) is 7. The molecule has 0 saturated carbocycles. The lowest BCUT2D eigenvalue weighted by atomic mass is 9.92. The molecule has 2 heterocycles. The summed E-state index contributed by atoms with van der Waals surface area (Å²) in [6, 6.07) is 34.1. The molecule has 0 bridgehead atoms. The zero-order valence-electron chi connectivity index (χ0n) is 22.1. The van der Waals surface area contributed by atoms with Gasteiger partial charge in [-0.25, -0.2) is 14.8 Å². The van der Waals surface area contributed by atoms with Gasteiger partial charge in [-0.1, -0.05) is 91.3 Å². The minimum Gasteiger partial charge on any atom is -0.461 e. The molecule has 4 aromatic carbocycles. The average Bonchev–Trinajstić information content (AvgIpc) is 3.39. The Labute approximate surface area is 242 Å². The molecule has 0 amide bonds. The standard InChI is InChI=1S/C32H27ClN4O2S/c1-3-22-17-19-23(20-18-22)29-27-15-8-9-16-28(27)32(36(34-29)25-12-6-5-7-13-25)37(26-14-10-11-24(33)21-26)35-30(40-32)31(38)39-4-2/h5-21H,3-4H2,1-2H3. The van der Waals surface area contributed by atoms with E-state index in [-0.39, 0.29) is 11.7 Å². The molecule has 1 unspecified atom stereocenters. The summed E-state index contributed by atoms with van der Waals surface area (Å²) in [6.45, 7) is 4.18. The lowest BCUT2D eigenvalue weighted by molar-refractivity contribution is -0.134. The predicted molar refractivity (Wildman–Crippen MR) is 164 cm³/mol. The number of thioether (sulfide) groups is 1. The van der Waals surface area contributed by atoms with Crippen molar-refractivity contribution in [3.05, 3.63) is 130 Å². The van der Waals surface area contributed by atoms with Gasteiger partial charge in [0.15, 0.2) is 0 Å². The summed E-state index contributed by atoms with van der Waals surface area (Å²) in [4.78, 5) is 12.1. The van der Waals surface area contributed by atoms with Crippen molar-refractivity contribution in [3.8, 4) is 0 Å². The van der Waals surface area contributed by atoms with Crippen LogP contribution in [0.5, 0.6) is 0 Å². The third-order valence-corrected chi connectivity index (χ3v) is 8.40. The van der Waals surface area contributed by atoms with E-state index in [0.717, 1.165) is 40.2 Å². The number of nitrogens with zero attached hydrogens (tertiary/aromatic N) is 4. The van der Waals surface area contributed by atoms with Crippen molar-refractivity contribution < 1.29 is 9.53 Å². The number of benzene rings is 4. The number of para-hydroxylation sites is 1. The first kappa shape index (κ1) is 26.2. The molecule has 0 saturated heterocycles. The highest BCUT2D eigenvalue weighted by atomic mass is 35.5. The van der Waals surface area contributed by atoms with Crippen LogP contribution < -0.4 is 10.0 Å². The van der Waals surface area contributed by atoms with Crippen molar-refractivity contribution in [1.29, 1.82) is 0 Å². The van der Waals surface area contributed by atoms with Crippen molar-refractivity contribution in [3.63, 3.8) is 0 Å². The lowest BCUT2D eigenvalue weighted by Crippen LogP contribution is -2.54. The lowest BCUT2D eigenvalue weighted by Gasteiger charge is -2.47. The van der Waals surface area contributed by atoms with E-state index in [1.165, 1.54) is 17.3 Å². The summed E-state index contributed by atoms with van der Waals surface area (Å²) in [6.07, 6.45) is 0.960. The monoisotopic (exact) mass is 566 g/mol. The van der Waals surface area contributed by atoms with E-state index in [9.17, 15) is 4.79 Å². The second-order valence-electron chi connectivity index (χ2n) is 9.32. The number of fused-ring (bicyclic) bond motifs is 2. The molecule has 2 aliphatic heterocycles. The molecular weight excluding hydrogens is 540 g/mol. The highest BCUT2D eigenvalue weighted by molar-refractivity contribution is 8.16. The molecular formula is C32H27ClN4O2S. The number of hydrazone groups is 2. The van der Waals surface area contributed by atoms with Gasteiger partial charge in [-0.05, 0) is 61.0 Å². The molecule has 4 aromatic rings. The normalized spacial score (nSPS) is 17.9. The van der Waals surface area contributed by atoms with E-state index in [0.29, 0.717) is 5.02 Å². The van der Waals surface area contributed by atoms with Crippen LogP contribution in [0.15, 0.2) is 113 Å². The predicted octanol–water partition coefficient (Wildman–Crippen LogP) is 7.42. The van der Waals surface area contributed by atoms with Crippen molar-refractivity contribution in [2.45, 2.75) is 25.3 Å². The zero-order chi connectivity index (χ0) is 27.7. The summed E-state index contributed by atoms with van der Waals surface area (Å²) >= 11 is 7.78. The molecule has 0 radical (unpaired) electrons. The number of carbonyl (C=O) groups is 1. The molecule has 0 aromatic heterocycles. The SMILES string of the molecule is CCOC(=O)C1=NN(c2cccc(Cl)c2)C2(S1)c1ccccc1C(c1ccc(CC)cc1)=NN2c1ccccc1. The first-order valence-electron chi connectivity index (χ1n) is 13.2. The van der Waals surface area contributed by atoms with Crippen LogP contribution in [0.1, 0.15) is 36.1 Å². The van der Waals surface area contributed by atoms with E-state index in [1.807, 2.05) is 76.7 Å². The minimum atomic E-state index is -1.07. The van der Waals surface area contributed by atoms with Crippen LogP contribution in [-0.4, -0.2) is 23.3 Å². The number of ether oxygens (including phenoxy) is 1. The third-order valence-electron chi connectivity index (χ3n) is 6.88. The quantitative estimate of drug-likeness (QED) is 0.227. The maximum atomic E-state index is 13.1. The van der Waals surface area contributed by atoms with Crippen LogP contribution >= 0.6 is 23.4 Å². The van der Waals surface area contributed by atoms with E-state index in [4.69, 9.17) is 26.5 Å². The van der Waals surface area contributed by atoms with E-state index in [1.54, 1.807) is 6.92 Å². The second-order valence-corrected chi connectivity index (χ2v) is 10.9. The molecule has 1 atom stereocenters. The fourth-order valence-corrected chi connectivity index (χ4v) is 6.47. The Morgan fingerprint density at radius 1 is 0.850 bits per heavy atom. The average molecular weight is 567 g/mol. The highest BCUT2D eigenvalue weighted by Gasteiger charge is 2.56. The second kappa shape index (κ2) is 10.8. The Bertz CT molecular complexity index is 1620. The van der Waals surface area contributed by atoms with Crippen LogP contribution in [0.4, 0.5) is 11.4 Å². The first-order valence-corrected chi connectivity index (χ1v) is 14.4. The largest absolute Gasteiger partial charge is 0.461 e. The molecule has 8 heteroatoms. The van der Waals surface area contributed by atoms with Gasteiger partial charge in [-0.2, -0.15) is 10.2 Å². The van der Waals surface area contributed by atoms with Gasteiger partial charge in [0.2, 0.25) is 10.0 Å². The summed E-state index contributed by atoms with van der Waals surface area (Å²) < 4.78 is 5.41. The Morgan fingerprint density at radius 2 is 1.55 bits per heavy atom. The van der Waals surface area contributed by atoms with Crippen molar-refractivity contribution in [2.24, 2.45) is 10.2 Å². The van der Waals surface area contributed by atoms with Crippen molar-refractivity contribution in [2.75, 3.05) is 16.6 Å². The van der Waals surface area contributed by atoms with Crippen molar-refractivity contribution in [1.82, 2.24) is 0 Å². The topological polar surface area (TPSA) is 57.5 Å². The summed E-state index contributed by atoms with van der Waals surface area (Å²) in [5, 5.41) is 14.8. The molecule has 40 heavy (non-hydrogen) atoms. The smallest absolute Gasteiger partial charge is 0.365 e. The van der Waals surface area contributed by atoms with Crippen molar-refractivity contribution >= 4 is 51.5 Å². The number of hydrogen-bond donors (Lipinski definition) is 0. The maximum absolute atomic E-state index is 13.1. The van der Waals surface area contributed by atoms with E-state index >= 15 is 0 Å². The van der Waals surface area contributed by atoms with E-state index in [2.05, 4.69) is 43.3 Å². The minimum absolute atomic E-state index is 0.239. The fourth-order valence-electron chi connectivity index (χ4n) is 5.00. The van der Waals surface area contributed by atoms with Crippen LogP contribution in [0.25, 0.3) is 0 Å². The van der Waals surface area contributed by atoms with Gasteiger partial charge in [0.05, 0.1) is 23.7 Å². The maximum Gasteiger partial charge on any atom is 0.365 e. The number of esters is 1. The van der Waals surface area contributed by atoms with Gasteiger partial charge in [0, 0.05) is 21.7 Å². The number of anilines is 2. The van der Waals surface area contributed by atoms with Gasteiger partial charge >= 0.3 is 5.97 Å². The zero-order valence-corrected chi connectivity index (χ0v) is 23.7. The van der Waals surface area contributed by atoms with Gasteiger partial charge in [0.25, 0.3) is 0 Å². The Balaban J connectivity index is 1.63. The van der Waals surface area contributed by atoms with Gasteiger partial charge in [-0.15, -0.1) is 0 Å². The van der Waals surface area contributed by atoms with Gasteiger partial charge in [0.1, 0.15) is 0 Å². The molecule has 1 spiro atoms. The Morgan fingerprint density at radius 3 is 2.27 bits per heavy atom. The number of carbonyl (C=O) groups excluding carboxylic acids is 1. The van der Waals surface area contributed by atoms with Gasteiger partial charge < -0.3 is 4.74 Å². The summed E-state index contributed by atoms with van der Waals surface area (Å²) in [5.74, 6) is -0.480. The number of halogens is 1. The van der Waals surface area contributed by atoms with Crippen LogP contribution in [0, 0.1) is 0 Å². The summed E-state index contributed by atoms with van der Waals surface area (Å²) in [5.41, 5.74) is 6.57. The highest BCUT2D eigenvalue weighted by Crippen LogP contribution is 2.55. The molecule has 200 valence electrons. The molecule has 0 aliphatic carbocycles. The summed E-state index contributed by atoms with van der Waals surface area (Å²) in [7, 11) is 0. The van der Waals surface area contributed by atoms with Crippen LogP contribution in [0.3, 0.4) is 0 Å². The number of aryl methyl sites for hydroxylation is 1.